The van der Waals surface area contributed by atoms with Gasteiger partial charge < -0.3 is 10.1 Å². The van der Waals surface area contributed by atoms with Gasteiger partial charge in [-0.3, -0.25) is 9.69 Å². The van der Waals surface area contributed by atoms with Gasteiger partial charge in [0.1, 0.15) is 0 Å². The van der Waals surface area contributed by atoms with Crippen LogP contribution in [-0.2, 0) is 22.4 Å². The summed E-state index contributed by atoms with van der Waals surface area (Å²) in [6.07, 6.45) is 2.01. The van der Waals surface area contributed by atoms with E-state index in [1.165, 1.54) is 26.4 Å². The minimum Gasteiger partial charge on any atom is -0.462 e. The molecule has 2 heterocycles. The normalized spacial score (nSPS) is 15.7. The van der Waals surface area contributed by atoms with Gasteiger partial charge in [-0.25, -0.2) is 4.79 Å². The predicted octanol–water partition coefficient (Wildman–Crippen LogP) is 5.38. The van der Waals surface area contributed by atoms with Crippen LogP contribution in [0.15, 0.2) is 54.6 Å². The van der Waals surface area contributed by atoms with E-state index in [1.54, 1.807) is 31.2 Å². The van der Waals surface area contributed by atoms with E-state index >= 15 is 0 Å². The van der Waals surface area contributed by atoms with Crippen molar-refractivity contribution in [3.05, 3.63) is 86.6 Å². The lowest BCUT2D eigenvalue weighted by molar-refractivity contribution is -0.117. The molecule has 1 aliphatic rings. The molecular weight excluding hydrogens is 432 g/mol. The van der Waals surface area contributed by atoms with E-state index in [0.717, 1.165) is 19.4 Å². The van der Waals surface area contributed by atoms with E-state index in [-0.39, 0.29) is 17.9 Å². The van der Waals surface area contributed by atoms with Gasteiger partial charge in [0.25, 0.3) is 0 Å². The maximum atomic E-state index is 13.0. The van der Waals surface area contributed by atoms with Crippen molar-refractivity contribution >= 4 is 28.9 Å². The summed E-state index contributed by atoms with van der Waals surface area (Å²) in [5.41, 5.74) is 5.31. The average Bonchev–Trinajstić information content (AvgIpc) is 3.14. The average molecular weight is 463 g/mol. The van der Waals surface area contributed by atoms with Crippen molar-refractivity contribution in [2.24, 2.45) is 0 Å². The summed E-state index contributed by atoms with van der Waals surface area (Å²) < 4.78 is 5.02. The first-order valence-electron chi connectivity index (χ1n) is 11.5. The molecule has 0 saturated heterocycles. The number of aryl methyl sites for hydroxylation is 1. The molecule has 172 valence electrons. The number of carbonyl (C=O) groups excluding carboxylic acids is 2. The number of carbonyl (C=O) groups is 2. The molecule has 1 aliphatic heterocycles. The first kappa shape index (κ1) is 23.2. The van der Waals surface area contributed by atoms with Gasteiger partial charge >= 0.3 is 5.97 Å². The molecule has 0 fully saturated rings. The van der Waals surface area contributed by atoms with Gasteiger partial charge in [-0.1, -0.05) is 37.3 Å². The van der Waals surface area contributed by atoms with Crippen molar-refractivity contribution in [1.82, 2.24) is 4.90 Å². The number of amides is 1. The number of nitrogens with one attached hydrogen (secondary N) is 1. The van der Waals surface area contributed by atoms with Crippen LogP contribution >= 0.6 is 11.3 Å². The minimum atomic E-state index is -0.358. The van der Waals surface area contributed by atoms with Gasteiger partial charge in [0.2, 0.25) is 5.91 Å². The Hall–Kier alpha value is -2.96. The van der Waals surface area contributed by atoms with Crippen LogP contribution in [0.1, 0.15) is 56.7 Å². The predicted molar refractivity (Wildman–Crippen MR) is 133 cm³/mol. The quantitative estimate of drug-likeness (QED) is 0.479. The SMILES string of the molecule is CCOC(=O)c1ccc(NC(=O)CN2CCc3c(sc(C)c3CC)[C@@H]2c2ccccc2)cc1. The summed E-state index contributed by atoms with van der Waals surface area (Å²) in [6.45, 7) is 7.68. The number of esters is 1. The van der Waals surface area contributed by atoms with Crippen molar-refractivity contribution in [3.63, 3.8) is 0 Å². The van der Waals surface area contributed by atoms with Crippen LogP contribution in [0.4, 0.5) is 5.69 Å². The number of thiophene rings is 1. The van der Waals surface area contributed by atoms with E-state index in [4.69, 9.17) is 4.74 Å². The number of rotatable bonds is 7. The number of hydrogen-bond donors (Lipinski definition) is 1. The molecule has 5 nitrogen and oxygen atoms in total. The maximum Gasteiger partial charge on any atom is 0.338 e. The second kappa shape index (κ2) is 10.3. The Labute approximate surface area is 199 Å². The summed E-state index contributed by atoms with van der Waals surface area (Å²) in [4.78, 5) is 29.9. The molecule has 0 spiro atoms. The molecule has 0 aliphatic carbocycles. The van der Waals surface area contributed by atoms with E-state index in [9.17, 15) is 9.59 Å². The second-order valence-electron chi connectivity index (χ2n) is 8.21. The van der Waals surface area contributed by atoms with E-state index in [1.807, 2.05) is 17.4 Å². The molecular formula is C27H30N2O3S. The third kappa shape index (κ3) is 5.02. The summed E-state index contributed by atoms with van der Waals surface area (Å²) in [6, 6.07) is 17.4. The monoisotopic (exact) mass is 462 g/mol. The highest BCUT2D eigenvalue weighted by Crippen LogP contribution is 2.42. The lowest BCUT2D eigenvalue weighted by Gasteiger charge is -2.36. The fourth-order valence-corrected chi connectivity index (χ4v) is 6.08. The molecule has 4 rings (SSSR count). The zero-order chi connectivity index (χ0) is 23.4. The summed E-state index contributed by atoms with van der Waals surface area (Å²) in [5, 5.41) is 2.98. The number of nitrogens with zero attached hydrogens (tertiary/aromatic N) is 1. The van der Waals surface area contributed by atoms with Crippen molar-refractivity contribution in [3.8, 4) is 0 Å². The van der Waals surface area contributed by atoms with Crippen LogP contribution in [-0.4, -0.2) is 36.5 Å². The first-order valence-corrected chi connectivity index (χ1v) is 12.3. The lowest BCUT2D eigenvalue weighted by Crippen LogP contribution is -2.40. The summed E-state index contributed by atoms with van der Waals surface area (Å²) >= 11 is 1.87. The van der Waals surface area contributed by atoms with Gasteiger partial charge in [-0.05, 0) is 67.6 Å². The molecule has 0 bridgehead atoms. The van der Waals surface area contributed by atoms with E-state index in [0.29, 0.717) is 24.4 Å². The Balaban J connectivity index is 1.52. The Kier molecular flexibility index (Phi) is 7.26. The Morgan fingerprint density at radius 3 is 2.48 bits per heavy atom. The molecule has 0 radical (unpaired) electrons. The summed E-state index contributed by atoms with van der Waals surface area (Å²) in [5.74, 6) is -0.421. The Morgan fingerprint density at radius 2 is 1.82 bits per heavy atom. The van der Waals surface area contributed by atoms with Crippen LogP contribution < -0.4 is 5.32 Å². The number of fused-ring (bicyclic) bond motifs is 1. The fourth-order valence-electron chi connectivity index (χ4n) is 4.61. The molecule has 6 heteroatoms. The van der Waals surface area contributed by atoms with Gasteiger partial charge in [-0.15, -0.1) is 11.3 Å². The molecule has 1 N–H and O–H groups in total. The molecule has 3 aromatic rings. The van der Waals surface area contributed by atoms with Crippen molar-refractivity contribution in [1.29, 1.82) is 0 Å². The van der Waals surface area contributed by atoms with E-state index < -0.39 is 0 Å². The third-order valence-electron chi connectivity index (χ3n) is 6.11. The van der Waals surface area contributed by atoms with Crippen LogP contribution in [0, 0.1) is 6.92 Å². The van der Waals surface area contributed by atoms with Gasteiger partial charge in [0.15, 0.2) is 0 Å². The Morgan fingerprint density at radius 1 is 1.09 bits per heavy atom. The van der Waals surface area contributed by atoms with Crippen LogP contribution in [0.25, 0.3) is 0 Å². The number of benzene rings is 2. The second-order valence-corrected chi connectivity index (χ2v) is 9.47. The number of ether oxygens (including phenoxy) is 1. The highest BCUT2D eigenvalue weighted by Gasteiger charge is 2.33. The van der Waals surface area contributed by atoms with Crippen molar-refractivity contribution < 1.29 is 14.3 Å². The standard InChI is InChI=1S/C27H30N2O3S/c1-4-22-18(3)33-26-23(22)15-16-29(25(26)19-9-7-6-8-10-19)17-24(30)28-21-13-11-20(12-14-21)27(31)32-5-2/h6-14,25H,4-5,15-17H2,1-3H3,(H,28,30)/t25-/m0/s1. The fraction of sp³-hybridized carbons (Fsp3) is 0.333. The Bertz CT molecular complexity index is 1120. The van der Waals surface area contributed by atoms with Gasteiger partial charge in [-0.2, -0.15) is 0 Å². The lowest BCUT2D eigenvalue weighted by atomic mass is 9.91. The molecule has 1 amide bonds. The molecule has 2 aromatic carbocycles. The van der Waals surface area contributed by atoms with E-state index in [2.05, 4.69) is 48.3 Å². The van der Waals surface area contributed by atoms with Crippen LogP contribution in [0.5, 0.6) is 0 Å². The van der Waals surface area contributed by atoms with Gasteiger partial charge in [0, 0.05) is 22.0 Å². The maximum absolute atomic E-state index is 13.0. The smallest absolute Gasteiger partial charge is 0.338 e. The minimum absolute atomic E-state index is 0.0627. The highest BCUT2D eigenvalue weighted by atomic mass is 32.1. The van der Waals surface area contributed by atoms with Crippen LogP contribution in [0.2, 0.25) is 0 Å². The zero-order valence-electron chi connectivity index (χ0n) is 19.4. The molecule has 0 saturated carbocycles. The summed E-state index contributed by atoms with van der Waals surface area (Å²) in [7, 11) is 0. The molecule has 0 unspecified atom stereocenters. The zero-order valence-corrected chi connectivity index (χ0v) is 20.2. The highest BCUT2D eigenvalue weighted by molar-refractivity contribution is 7.12. The largest absolute Gasteiger partial charge is 0.462 e. The van der Waals surface area contributed by atoms with Crippen molar-refractivity contribution in [2.75, 3.05) is 25.0 Å². The molecule has 1 aromatic heterocycles. The van der Waals surface area contributed by atoms with Crippen molar-refractivity contribution in [2.45, 2.75) is 39.7 Å². The van der Waals surface area contributed by atoms with Crippen LogP contribution in [0.3, 0.4) is 0 Å². The number of anilines is 1. The first-order chi connectivity index (χ1) is 16.0. The molecule has 1 atom stereocenters. The van der Waals surface area contributed by atoms with Gasteiger partial charge in [0.05, 0.1) is 24.8 Å². The molecule has 33 heavy (non-hydrogen) atoms. The topological polar surface area (TPSA) is 58.6 Å². The number of hydrogen-bond acceptors (Lipinski definition) is 5. The third-order valence-corrected chi connectivity index (χ3v) is 7.35.